The molecule has 2 aromatic rings. The van der Waals surface area contributed by atoms with E-state index in [1.807, 2.05) is 6.92 Å². The van der Waals surface area contributed by atoms with Crippen LogP contribution in [0.25, 0.3) is 11.0 Å². The highest BCUT2D eigenvalue weighted by atomic mass is 16.2. The predicted molar refractivity (Wildman–Crippen MR) is 76.2 cm³/mol. The van der Waals surface area contributed by atoms with Gasteiger partial charge in [-0.15, -0.1) is 0 Å². The summed E-state index contributed by atoms with van der Waals surface area (Å²) in [7, 11) is 2.88. The average Bonchev–Trinajstić information content (AvgIpc) is 2.44. The molecule has 2 aromatic heterocycles. The molecule has 0 aliphatic rings. The number of nitrogens with zero attached hydrogens (tertiary/aromatic N) is 3. The van der Waals surface area contributed by atoms with Gasteiger partial charge < -0.3 is 5.32 Å². The SMILES string of the molecule is CCCCNc1c(=O)[nH]nc2c1c(=O)n(C)c(=O)n2C. The third-order valence-corrected chi connectivity index (χ3v) is 3.21. The summed E-state index contributed by atoms with van der Waals surface area (Å²) < 4.78 is 2.20. The number of hydrogen-bond donors (Lipinski definition) is 2. The van der Waals surface area contributed by atoms with Gasteiger partial charge in [-0.05, 0) is 6.42 Å². The number of fused-ring (bicyclic) bond motifs is 1. The first-order valence-electron chi connectivity index (χ1n) is 6.41. The number of nitrogens with one attached hydrogen (secondary N) is 2. The molecular formula is C12H17N5O3. The Balaban J connectivity index is 2.80. The standard InChI is InChI=1S/C12H17N5O3/c1-4-5-6-13-8-7-9(14-15-10(8)18)16(2)12(20)17(3)11(7)19/h4-6H2,1-3H3,(H,13,14)(H,15,18). The molecule has 0 aromatic carbocycles. The van der Waals surface area contributed by atoms with Crippen LogP contribution in [0.15, 0.2) is 14.4 Å². The van der Waals surface area contributed by atoms with Gasteiger partial charge in [-0.25, -0.2) is 9.89 Å². The van der Waals surface area contributed by atoms with Crippen molar-refractivity contribution in [2.75, 3.05) is 11.9 Å². The molecule has 2 N–H and O–H groups in total. The van der Waals surface area contributed by atoms with E-state index in [4.69, 9.17) is 0 Å². The molecule has 0 atom stereocenters. The third kappa shape index (κ3) is 2.13. The molecule has 8 heteroatoms. The van der Waals surface area contributed by atoms with Gasteiger partial charge in [-0.2, -0.15) is 5.10 Å². The van der Waals surface area contributed by atoms with E-state index in [0.717, 1.165) is 17.4 Å². The van der Waals surface area contributed by atoms with Gasteiger partial charge in [0.1, 0.15) is 11.1 Å². The quantitative estimate of drug-likeness (QED) is 0.737. The number of aromatic nitrogens is 4. The molecule has 0 radical (unpaired) electrons. The second-order valence-corrected chi connectivity index (χ2v) is 4.61. The summed E-state index contributed by atoms with van der Waals surface area (Å²) in [6.07, 6.45) is 1.83. The van der Waals surface area contributed by atoms with Gasteiger partial charge in [0, 0.05) is 20.6 Å². The Bertz CT molecular complexity index is 815. The highest BCUT2D eigenvalue weighted by Gasteiger charge is 2.16. The van der Waals surface area contributed by atoms with Crippen molar-refractivity contribution in [1.29, 1.82) is 0 Å². The first kappa shape index (κ1) is 14.0. The Hall–Kier alpha value is -2.38. The van der Waals surface area contributed by atoms with Crippen LogP contribution in [0.5, 0.6) is 0 Å². The monoisotopic (exact) mass is 279 g/mol. The van der Waals surface area contributed by atoms with Gasteiger partial charge in [-0.3, -0.25) is 18.7 Å². The Labute approximate surface area is 114 Å². The topological polar surface area (TPSA) is 102 Å². The molecule has 2 rings (SSSR count). The highest BCUT2D eigenvalue weighted by Crippen LogP contribution is 2.10. The Morgan fingerprint density at radius 3 is 2.55 bits per heavy atom. The molecule has 20 heavy (non-hydrogen) atoms. The lowest BCUT2D eigenvalue weighted by Crippen LogP contribution is -2.38. The van der Waals surface area contributed by atoms with Crippen molar-refractivity contribution < 1.29 is 0 Å². The van der Waals surface area contributed by atoms with Crippen molar-refractivity contribution in [2.45, 2.75) is 19.8 Å². The fraction of sp³-hybridized carbons (Fsp3) is 0.500. The summed E-state index contributed by atoms with van der Waals surface area (Å²) in [5, 5.41) is 9.21. The van der Waals surface area contributed by atoms with E-state index in [9.17, 15) is 14.4 Å². The first-order valence-corrected chi connectivity index (χ1v) is 6.41. The summed E-state index contributed by atoms with van der Waals surface area (Å²) in [5.41, 5.74) is -1.15. The molecule has 0 saturated heterocycles. The first-order chi connectivity index (χ1) is 9.49. The van der Waals surface area contributed by atoms with E-state index in [-0.39, 0.29) is 16.7 Å². The molecule has 0 amide bonds. The second kappa shape index (κ2) is 5.32. The van der Waals surface area contributed by atoms with E-state index >= 15 is 0 Å². The summed E-state index contributed by atoms with van der Waals surface area (Å²) in [5.74, 6) is 0. The number of hydrogen-bond acceptors (Lipinski definition) is 5. The van der Waals surface area contributed by atoms with Crippen LogP contribution in [0.3, 0.4) is 0 Å². The summed E-state index contributed by atoms with van der Waals surface area (Å²) in [4.78, 5) is 35.9. The second-order valence-electron chi connectivity index (χ2n) is 4.61. The van der Waals surface area contributed by atoms with Crippen molar-refractivity contribution in [3.05, 3.63) is 31.2 Å². The largest absolute Gasteiger partial charge is 0.380 e. The van der Waals surface area contributed by atoms with Crippen LogP contribution in [-0.2, 0) is 14.1 Å². The van der Waals surface area contributed by atoms with E-state index < -0.39 is 16.8 Å². The zero-order valence-electron chi connectivity index (χ0n) is 11.7. The molecule has 108 valence electrons. The Morgan fingerprint density at radius 1 is 1.20 bits per heavy atom. The Morgan fingerprint density at radius 2 is 1.90 bits per heavy atom. The molecule has 0 unspecified atom stereocenters. The minimum atomic E-state index is -0.527. The van der Waals surface area contributed by atoms with E-state index in [1.54, 1.807) is 0 Å². The van der Waals surface area contributed by atoms with Crippen LogP contribution >= 0.6 is 0 Å². The molecule has 0 aliphatic heterocycles. The predicted octanol–water partition coefficient (Wildman–Crippen LogP) is -0.467. The number of rotatable bonds is 4. The van der Waals surface area contributed by atoms with Crippen LogP contribution in [0.1, 0.15) is 19.8 Å². The van der Waals surface area contributed by atoms with Crippen molar-refractivity contribution >= 4 is 16.7 Å². The number of unbranched alkanes of at least 4 members (excludes halogenated alkanes) is 1. The zero-order chi connectivity index (χ0) is 14.9. The van der Waals surface area contributed by atoms with Crippen molar-refractivity contribution in [2.24, 2.45) is 14.1 Å². The van der Waals surface area contributed by atoms with E-state index in [1.165, 1.54) is 18.7 Å². The minimum Gasteiger partial charge on any atom is -0.380 e. The van der Waals surface area contributed by atoms with E-state index in [2.05, 4.69) is 15.5 Å². The van der Waals surface area contributed by atoms with Crippen LogP contribution < -0.4 is 22.1 Å². The molecule has 8 nitrogen and oxygen atoms in total. The lowest BCUT2D eigenvalue weighted by atomic mass is 10.2. The van der Waals surface area contributed by atoms with Crippen LogP contribution in [-0.4, -0.2) is 25.9 Å². The molecule has 0 aliphatic carbocycles. The van der Waals surface area contributed by atoms with Crippen LogP contribution in [0.4, 0.5) is 5.69 Å². The van der Waals surface area contributed by atoms with Crippen LogP contribution in [0.2, 0.25) is 0 Å². The van der Waals surface area contributed by atoms with Gasteiger partial charge in [0.15, 0.2) is 5.65 Å². The fourth-order valence-corrected chi connectivity index (χ4v) is 2.02. The molecule has 0 saturated carbocycles. The average molecular weight is 279 g/mol. The maximum Gasteiger partial charge on any atom is 0.332 e. The maximum atomic E-state index is 12.2. The third-order valence-electron chi connectivity index (χ3n) is 3.21. The lowest BCUT2D eigenvalue weighted by Gasteiger charge is -2.10. The van der Waals surface area contributed by atoms with Gasteiger partial charge in [0.2, 0.25) is 0 Å². The maximum absolute atomic E-state index is 12.2. The Kier molecular flexibility index (Phi) is 3.73. The highest BCUT2D eigenvalue weighted by molar-refractivity contribution is 5.87. The molecule has 0 spiro atoms. The van der Waals surface area contributed by atoms with Crippen LogP contribution in [0, 0.1) is 0 Å². The zero-order valence-corrected chi connectivity index (χ0v) is 11.7. The van der Waals surface area contributed by atoms with Crippen molar-refractivity contribution in [1.82, 2.24) is 19.3 Å². The van der Waals surface area contributed by atoms with Crippen molar-refractivity contribution in [3.63, 3.8) is 0 Å². The number of anilines is 1. The smallest absolute Gasteiger partial charge is 0.332 e. The normalized spacial score (nSPS) is 10.9. The lowest BCUT2D eigenvalue weighted by molar-refractivity contribution is 0.701. The fourth-order valence-electron chi connectivity index (χ4n) is 2.02. The number of aryl methyl sites for hydroxylation is 1. The summed E-state index contributed by atoms with van der Waals surface area (Å²) in [6, 6.07) is 0. The van der Waals surface area contributed by atoms with Crippen molar-refractivity contribution in [3.8, 4) is 0 Å². The van der Waals surface area contributed by atoms with Gasteiger partial charge in [-0.1, -0.05) is 13.3 Å². The summed E-state index contributed by atoms with van der Waals surface area (Å²) in [6.45, 7) is 2.60. The number of H-pyrrole nitrogens is 1. The molecule has 0 bridgehead atoms. The minimum absolute atomic E-state index is 0.134. The van der Waals surface area contributed by atoms with Gasteiger partial charge in [0.05, 0.1) is 0 Å². The van der Waals surface area contributed by atoms with E-state index in [0.29, 0.717) is 6.54 Å². The molecular weight excluding hydrogens is 262 g/mol. The number of aromatic amines is 1. The molecule has 2 heterocycles. The van der Waals surface area contributed by atoms with Gasteiger partial charge in [0.25, 0.3) is 11.1 Å². The van der Waals surface area contributed by atoms with Gasteiger partial charge >= 0.3 is 5.69 Å². The summed E-state index contributed by atoms with van der Waals surface area (Å²) >= 11 is 0. The molecule has 0 fully saturated rings.